The van der Waals surface area contributed by atoms with Crippen molar-refractivity contribution in [3.63, 3.8) is 0 Å². The maximum absolute atomic E-state index is 11.5. The molecule has 0 spiro atoms. The van der Waals surface area contributed by atoms with Gasteiger partial charge in [0.15, 0.2) is 0 Å². The van der Waals surface area contributed by atoms with E-state index < -0.39 is 0 Å². The molecule has 5 nitrogen and oxygen atoms in total. The number of hydrogen-bond donors (Lipinski definition) is 1. The van der Waals surface area contributed by atoms with E-state index in [1.54, 1.807) is 0 Å². The van der Waals surface area contributed by atoms with Gasteiger partial charge in [-0.2, -0.15) is 0 Å². The third kappa shape index (κ3) is 4.68. The van der Waals surface area contributed by atoms with Gasteiger partial charge in [-0.05, 0) is 49.3 Å². The molecule has 2 heterocycles. The first-order valence-electron chi connectivity index (χ1n) is 13.7. The van der Waals surface area contributed by atoms with Gasteiger partial charge in [-0.3, -0.25) is 0 Å². The highest BCUT2D eigenvalue weighted by Crippen LogP contribution is 2.42. The zero-order valence-electron chi connectivity index (χ0n) is 22.2. The quantitative estimate of drug-likeness (QED) is 0.201. The number of nitrogens with zero attached hydrogens (tertiary/aromatic N) is 3. The number of para-hydroxylation sites is 2. The number of fused-ring (bicyclic) bond motifs is 4. The summed E-state index contributed by atoms with van der Waals surface area (Å²) in [5, 5.41) is 12.5. The van der Waals surface area contributed by atoms with Gasteiger partial charge in [0.1, 0.15) is 17.1 Å². The standard InChI is InChI=1S/C31H39N3O2/c1-5-6-7-8-13-18-34-25-16-11-10-15-24(25)33-30(34)32-20-22-28-21-14-9-12-17-26(21)36-27(28)19-23(29(22)35)31(2,3)4/h10-11,15-16,19-20,35H,5-9,12-14,17-18H2,1-4H3/b32-20+. The smallest absolute Gasteiger partial charge is 0.230 e. The fourth-order valence-corrected chi connectivity index (χ4v) is 5.52. The minimum absolute atomic E-state index is 0.222. The van der Waals surface area contributed by atoms with Crippen LogP contribution in [0, 0.1) is 0 Å². The lowest BCUT2D eigenvalue weighted by Crippen LogP contribution is -2.12. The van der Waals surface area contributed by atoms with Gasteiger partial charge in [0, 0.05) is 41.3 Å². The van der Waals surface area contributed by atoms with E-state index >= 15 is 0 Å². The lowest BCUT2D eigenvalue weighted by atomic mass is 9.83. The van der Waals surface area contributed by atoms with E-state index in [2.05, 4.69) is 44.4 Å². The van der Waals surface area contributed by atoms with Crippen molar-refractivity contribution in [1.82, 2.24) is 9.55 Å². The first-order valence-corrected chi connectivity index (χ1v) is 13.7. The van der Waals surface area contributed by atoms with Crippen LogP contribution < -0.4 is 0 Å². The topological polar surface area (TPSA) is 63.5 Å². The van der Waals surface area contributed by atoms with Crippen molar-refractivity contribution in [3.8, 4) is 5.75 Å². The maximum Gasteiger partial charge on any atom is 0.230 e. The number of imidazole rings is 1. The van der Waals surface area contributed by atoms with Crippen LogP contribution in [0.3, 0.4) is 0 Å². The minimum Gasteiger partial charge on any atom is -0.507 e. The SMILES string of the molecule is CCCCCCCn1c(/N=C/c2c(O)c(C(C)(C)C)cc3oc4c(c23)CCCC4)nc2ccccc21. The van der Waals surface area contributed by atoms with Gasteiger partial charge in [0.25, 0.3) is 0 Å². The molecule has 0 amide bonds. The molecule has 0 radical (unpaired) electrons. The van der Waals surface area contributed by atoms with Gasteiger partial charge in [-0.1, -0.05) is 65.5 Å². The van der Waals surface area contributed by atoms with E-state index in [9.17, 15) is 5.11 Å². The molecule has 5 rings (SSSR count). The Hall–Kier alpha value is -3.08. The van der Waals surface area contributed by atoms with Gasteiger partial charge >= 0.3 is 0 Å². The van der Waals surface area contributed by atoms with Crippen LogP contribution in [0.15, 0.2) is 39.7 Å². The highest BCUT2D eigenvalue weighted by molar-refractivity contribution is 6.04. The first kappa shape index (κ1) is 24.6. The molecule has 1 aliphatic carbocycles. The van der Waals surface area contributed by atoms with Crippen LogP contribution >= 0.6 is 0 Å². The third-order valence-electron chi connectivity index (χ3n) is 7.49. The Kier molecular flexibility index (Phi) is 6.92. The second-order valence-corrected chi connectivity index (χ2v) is 11.2. The normalized spacial score (nSPS) is 14.3. The van der Waals surface area contributed by atoms with Gasteiger partial charge in [0.05, 0.1) is 11.0 Å². The molecule has 0 unspecified atom stereocenters. The summed E-state index contributed by atoms with van der Waals surface area (Å²) in [6.45, 7) is 9.50. The summed E-state index contributed by atoms with van der Waals surface area (Å²) in [6.07, 6.45) is 12.2. The molecule has 0 fully saturated rings. The lowest BCUT2D eigenvalue weighted by molar-refractivity contribution is 0.446. The molecule has 2 aromatic heterocycles. The molecule has 5 heteroatoms. The number of benzene rings is 2. The minimum atomic E-state index is -0.222. The molecule has 190 valence electrons. The molecular weight excluding hydrogens is 446 g/mol. The van der Waals surface area contributed by atoms with Crippen LogP contribution in [0.4, 0.5) is 5.95 Å². The summed E-state index contributed by atoms with van der Waals surface area (Å²) in [5.41, 5.74) is 5.57. The summed E-state index contributed by atoms with van der Waals surface area (Å²) in [5.74, 6) is 2.06. The van der Waals surface area contributed by atoms with Crippen LogP contribution in [0.5, 0.6) is 5.75 Å². The predicted molar refractivity (Wildman–Crippen MR) is 149 cm³/mol. The molecule has 0 atom stereocenters. The Morgan fingerprint density at radius 2 is 1.86 bits per heavy atom. The molecule has 0 bridgehead atoms. The van der Waals surface area contributed by atoms with Crippen molar-refractivity contribution in [1.29, 1.82) is 0 Å². The van der Waals surface area contributed by atoms with Crippen molar-refractivity contribution in [2.45, 2.75) is 97.4 Å². The van der Waals surface area contributed by atoms with Crippen molar-refractivity contribution < 1.29 is 9.52 Å². The molecule has 1 N–H and O–H groups in total. The van der Waals surface area contributed by atoms with Crippen LogP contribution in [0.1, 0.15) is 95.1 Å². The monoisotopic (exact) mass is 485 g/mol. The fraction of sp³-hybridized carbons (Fsp3) is 0.484. The molecule has 0 aliphatic heterocycles. The number of furan rings is 1. The number of aromatic nitrogens is 2. The summed E-state index contributed by atoms with van der Waals surface area (Å²) in [6, 6.07) is 10.3. The number of hydrogen-bond acceptors (Lipinski definition) is 4. The molecule has 0 saturated carbocycles. The first-order chi connectivity index (χ1) is 17.4. The van der Waals surface area contributed by atoms with Crippen LogP contribution in [-0.4, -0.2) is 20.9 Å². The number of aliphatic imine (C=N–C) groups is 1. The highest BCUT2D eigenvalue weighted by Gasteiger charge is 2.27. The number of unbranched alkanes of at least 4 members (excludes halogenated alkanes) is 4. The maximum atomic E-state index is 11.5. The summed E-state index contributed by atoms with van der Waals surface area (Å²) < 4.78 is 8.56. The number of aryl methyl sites for hydroxylation is 3. The van der Waals surface area contributed by atoms with E-state index in [1.165, 1.54) is 31.2 Å². The Balaban J connectivity index is 1.60. The van der Waals surface area contributed by atoms with Crippen LogP contribution in [-0.2, 0) is 24.8 Å². The average Bonchev–Trinajstić information content (AvgIpc) is 3.40. The van der Waals surface area contributed by atoms with Gasteiger partial charge < -0.3 is 14.1 Å². The van der Waals surface area contributed by atoms with Crippen molar-refractivity contribution >= 4 is 34.2 Å². The largest absolute Gasteiger partial charge is 0.507 e. The Labute approximate surface area is 214 Å². The van der Waals surface area contributed by atoms with E-state index in [4.69, 9.17) is 14.4 Å². The van der Waals surface area contributed by atoms with E-state index in [0.29, 0.717) is 11.7 Å². The van der Waals surface area contributed by atoms with Gasteiger partial charge in [0.2, 0.25) is 5.95 Å². The zero-order chi connectivity index (χ0) is 25.3. The second-order valence-electron chi connectivity index (χ2n) is 11.2. The number of phenols is 1. The molecule has 1 aliphatic rings. The summed E-state index contributed by atoms with van der Waals surface area (Å²) in [4.78, 5) is 9.78. The molecule has 2 aromatic carbocycles. The number of rotatable bonds is 8. The number of phenolic OH excluding ortho intramolecular Hbond substituents is 1. The second kappa shape index (κ2) is 10.1. The van der Waals surface area contributed by atoms with E-state index in [0.717, 1.165) is 77.5 Å². The van der Waals surface area contributed by atoms with Crippen molar-refractivity contribution in [2.75, 3.05) is 0 Å². The van der Waals surface area contributed by atoms with Crippen molar-refractivity contribution in [2.24, 2.45) is 4.99 Å². The summed E-state index contributed by atoms with van der Waals surface area (Å²) in [7, 11) is 0. The predicted octanol–water partition coefficient (Wildman–Crippen LogP) is 8.39. The molecule has 0 saturated heterocycles. The lowest BCUT2D eigenvalue weighted by Gasteiger charge is -2.21. The van der Waals surface area contributed by atoms with Crippen molar-refractivity contribution in [3.05, 3.63) is 52.8 Å². The Morgan fingerprint density at radius 3 is 2.67 bits per heavy atom. The molecule has 36 heavy (non-hydrogen) atoms. The highest BCUT2D eigenvalue weighted by atomic mass is 16.3. The zero-order valence-corrected chi connectivity index (χ0v) is 22.2. The average molecular weight is 486 g/mol. The molecular formula is C31H39N3O2. The summed E-state index contributed by atoms with van der Waals surface area (Å²) >= 11 is 0. The van der Waals surface area contributed by atoms with Gasteiger partial charge in [-0.15, -0.1) is 0 Å². The Bertz CT molecular complexity index is 1400. The van der Waals surface area contributed by atoms with Crippen LogP contribution in [0.25, 0.3) is 22.0 Å². The molecule has 4 aromatic rings. The van der Waals surface area contributed by atoms with E-state index in [1.807, 2.05) is 24.4 Å². The fourth-order valence-electron chi connectivity index (χ4n) is 5.52. The van der Waals surface area contributed by atoms with Crippen LogP contribution in [0.2, 0.25) is 0 Å². The third-order valence-corrected chi connectivity index (χ3v) is 7.49. The van der Waals surface area contributed by atoms with E-state index in [-0.39, 0.29) is 5.41 Å². The number of aromatic hydroxyl groups is 1. The Morgan fingerprint density at radius 1 is 1.08 bits per heavy atom. The van der Waals surface area contributed by atoms with Gasteiger partial charge in [-0.25, -0.2) is 9.98 Å².